The fourth-order valence-corrected chi connectivity index (χ4v) is 3.44. The molecular weight excluding hydrogens is 312 g/mol. The lowest BCUT2D eigenvalue weighted by atomic mass is 10.2. The molecule has 2 heterocycles. The van der Waals surface area contributed by atoms with Crippen molar-refractivity contribution in [1.29, 1.82) is 0 Å². The molecule has 1 saturated heterocycles. The highest BCUT2D eigenvalue weighted by Crippen LogP contribution is 2.11. The van der Waals surface area contributed by atoms with Gasteiger partial charge in [-0.15, -0.1) is 0 Å². The number of likely N-dealkylation sites (N-methyl/N-ethyl adjacent to an activating group) is 1. The minimum atomic E-state index is 0.293. The van der Waals surface area contributed by atoms with Crippen molar-refractivity contribution in [2.75, 3.05) is 39.8 Å². The van der Waals surface area contributed by atoms with E-state index in [2.05, 4.69) is 52.3 Å². The first kappa shape index (κ1) is 18.1. The van der Waals surface area contributed by atoms with Gasteiger partial charge >= 0.3 is 0 Å². The standard InChI is InChI=1S/C20H30N4O/c1-22(11-6-14-24-13-5-10-21-24)17-20-18-23(12-7-15-25-20)16-19-8-3-2-4-9-19/h2-5,8-10,13,20H,6-7,11-12,14-18H2,1H3. The normalized spacial score (nSPS) is 19.2. The molecule has 0 bridgehead atoms. The molecule has 1 aromatic carbocycles. The molecule has 0 aliphatic carbocycles. The molecule has 0 spiro atoms. The Morgan fingerprint density at radius 2 is 2.12 bits per heavy atom. The van der Waals surface area contributed by atoms with Crippen molar-refractivity contribution < 1.29 is 4.74 Å². The highest BCUT2D eigenvalue weighted by molar-refractivity contribution is 5.14. The van der Waals surface area contributed by atoms with Gasteiger partial charge in [-0.1, -0.05) is 30.3 Å². The molecule has 1 atom stereocenters. The Kier molecular flexibility index (Phi) is 7.03. The number of nitrogens with zero attached hydrogens (tertiary/aromatic N) is 4. The van der Waals surface area contributed by atoms with E-state index in [1.165, 1.54) is 5.56 Å². The quantitative estimate of drug-likeness (QED) is 0.738. The third kappa shape index (κ3) is 6.27. The maximum atomic E-state index is 6.09. The molecule has 1 aromatic heterocycles. The number of rotatable bonds is 8. The Morgan fingerprint density at radius 1 is 1.24 bits per heavy atom. The Labute approximate surface area is 151 Å². The highest BCUT2D eigenvalue weighted by Gasteiger charge is 2.20. The summed E-state index contributed by atoms with van der Waals surface area (Å²) in [4.78, 5) is 4.92. The van der Waals surface area contributed by atoms with Crippen LogP contribution in [-0.2, 0) is 17.8 Å². The van der Waals surface area contributed by atoms with Crippen LogP contribution in [0.4, 0.5) is 0 Å². The maximum absolute atomic E-state index is 6.09. The Bertz CT molecular complexity index is 587. The first-order chi connectivity index (χ1) is 12.3. The third-order valence-corrected chi connectivity index (χ3v) is 4.68. The lowest BCUT2D eigenvalue weighted by Crippen LogP contribution is -2.39. The summed E-state index contributed by atoms with van der Waals surface area (Å²) in [6.07, 6.45) is 6.38. The summed E-state index contributed by atoms with van der Waals surface area (Å²) in [5, 5.41) is 4.26. The average Bonchev–Trinajstić information content (AvgIpc) is 3.03. The molecular formula is C20H30N4O. The number of aromatic nitrogens is 2. The fourth-order valence-electron chi connectivity index (χ4n) is 3.44. The summed E-state index contributed by atoms with van der Waals surface area (Å²) in [6, 6.07) is 12.7. The summed E-state index contributed by atoms with van der Waals surface area (Å²) in [7, 11) is 2.19. The van der Waals surface area contributed by atoms with Gasteiger partial charge in [-0.25, -0.2) is 0 Å². The molecule has 5 heteroatoms. The van der Waals surface area contributed by atoms with E-state index in [9.17, 15) is 0 Å². The number of ether oxygens (including phenoxy) is 1. The zero-order valence-electron chi connectivity index (χ0n) is 15.3. The summed E-state index contributed by atoms with van der Waals surface area (Å²) in [5.74, 6) is 0. The lowest BCUT2D eigenvalue weighted by Gasteiger charge is -2.27. The van der Waals surface area contributed by atoms with Crippen LogP contribution in [0.15, 0.2) is 48.8 Å². The van der Waals surface area contributed by atoms with Crippen molar-refractivity contribution >= 4 is 0 Å². The molecule has 0 amide bonds. The number of hydrogen-bond acceptors (Lipinski definition) is 4. The second kappa shape index (κ2) is 9.70. The molecule has 1 aliphatic heterocycles. The monoisotopic (exact) mass is 342 g/mol. The summed E-state index contributed by atoms with van der Waals surface area (Å²) >= 11 is 0. The van der Waals surface area contributed by atoms with Crippen molar-refractivity contribution in [2.24, 2.45) is 0 Å². The molecule has 1 unspecified atom stereocenters. The first-order valence-corrected chi connectivity index (χ1v) is 9.33. The predicted octanol–water partition coefficient (Wildman–Crippen LogP) is 2.50. The zero-order valence-corrected chi connectivity index (χ0v) is 15.3. The number of hydrogen-bond donors (Lipinski definition) is 0. The van der Waals surface area contributed by atoms with E-state index in [0.717, 1.165) is 58.7 Å². The molecule has 1 fully saturated rings. The van der Waals surface area contributed by atoms with Crippen LogP contribution in [0.1, 0.15) is 18.4 Å². The average molecular weight is 342 g/mol. The molecule has 0 N–H and O–H groups in total. The Hall–Kier alpha value is -1.69. The molecule has 3 rings (SSSR count). The number of benzene rings is 1. The van der Waals surface area contributed by atoms with Crippen LogP contribution in [0.5, 0.6) is 0 Å². The molecule has 0 radical (unpaired) electrons. The summed E-state index contributed by atoms with van der Waals surface area (Å²) < 4.78 is 8.09. The van der Waals surface area contributed by atoms with Crippen LogP contribution in [-0.4, -0.2) is 65.5 Å². The van der Waals surface area contributed by atoms with E-state index in [1.54, 1.807) is 0 Å². The van der Waals surface area contributed by atoms with Crippen molar-refractivity contribution in [3.05, 3.63) is 54.4 Å². The van der Waals surface area contributed by atoms with Crippen LogP contribution < -0.4 is 0 Å². The molecule has 25 heavy (non-hydrogen) atoms. The largest absolute Gasteiger partial charge is 0.376 e. The SMILES string of the molecule is CN(CCCn1cccn1)CC1CN(Cc2ccccc2)CCCO1. The summed E-state index contributed by atoms with van der Waals surface area (Å²) in [6.45, 7) is 7.05. The fraction of sp³-hybridized carbons (Fsp3) is 0.550. The van der Waals surface area contributed by atoms with Gasteiger partial charge in [-0.2, -0.15) is 5.10 Å². The van der Waals surface area contributed by atoms with Crippen LogP contribution in [0.3, 0.4) is 0 Å². The van der Waals surface area contributed by atoms with E-state index in [-0.39, 0.29) is 0 Å². The molecule has 2 aromatic rings. The maximum Gasteiger partial charge on any atom is 0.0828 e. The van der Waals surface area contributed by atoms with Crippen molar-refractivity contribution in [3.63, 3.8) is 0 Å². The van der Waals surface area contributed by atoms with Crippen molar-refractivity contribution in [2.45, 2.75) is 32.0 Å². The van der Waals surface area contributed by atoms with Crippen LogP contribution in [0.2, 0.25) is 0 Å². The van der Waals surface area contributed by atoms with E-state index < -0.39 is 0 Å². The van der Waals surface area contributed by atoms with Gasteiger partial charge in [0, 0.05) is 51.7 Å². The lowest BCUT2D eigenvalue weighted by molar-refractivity contribution is 0.0308. The van der Waals surface area contributed by atoms with Crippen molar-refractivity contribution in [1.82, 2.24) is 19.6 Å². The molecule has 1 aliphatic rings. The van der Waals surface area contributed by atoms with Gasteiger partial charge in [0.25, 0.3) is 0 Å². The second-order valence-electron chi connectivity index (χ2n) is 6.95. The van der Waals surface area contributed by atoms with Gasteiger partial charge in [0.05, 0.1) is 6.10 Å². The van der Waals surface area contributed by atoms with Gasteiger partial charge in [-0.3, -0.25) is 9.58 Å². The number of aryl methyl sites for hydroxylation is 1. The highest BCUT2D eigenvalue weighted by atomic mass is 16.5. The Morgan fingerprint density at radius 3 is 2.92 bits per heavy atom. The molecule has 5 nitrogen and oxygen atoms in total. The van der Waals surface area contributed by atoms with Crippen LogP contribution >= 0.6 is 0 Å². The van der Waals surface area contributed by atoms with Crippen LogP contribution in [0.25, 0.3) is 0 Å². The third-order valence-electron chi connectivity index (χ3n) is 4.68. The second-order valence-corrected chi connectivity index (χ2v) is 6.95. The van der Waals surface area contributed by atoms with Gasteiger partial charge < -0.3 is 9.64 Å². The zero-order chi connectivity index (χ0) is 17.3. The first-order valence-electron chi connectivity index (χ1n) is 9.33. The van der Waals surface area contributed by atoms with E-state index >= 15 is 0 Å². The van der Waals surface area contributed by atoms with Gasteiger partial charge in [0.15, 0.2) is 0 Å². The van der Waals surface area contributed by atoms with Gasteiger partial charge in [0.2, 0.25) is 0 Å². The topological polar surface area (TPSA) is 33.5 Å². The van der Waals surface area contributed by atoms with E-state index in [1.807, 2.05) is 23.1 Å². The predicted molar refractivity (Wildman–Crippen MR) is 100 cm³/mol. The molecule has 136 valence electrons. The smallest absolute Gasteiger partial charge is 0.0828 e. The Balaban J connectivity index is 1.42. The van der Waals surface area contributed by atoms with Gasteiger partial charge in [0.1, 0.15) is 0 Å². The molecule has 0 saturated carbocycles. The minimum Gasteiger partial charge on any atom is -0.376 e. The minimum absolute atomic E-state index is 0.293. The van der Waals surface area contributed by atoms with E-state index in [4.69, 9.17) is 4.74 Å². The van der Waals surface area contributed by atoms with Gasteiger partial charge in [-0.05, 0) is 38.1 Å². The van der Waals surface area contributed by atoms with Crippen molar-refractivity contribution in [3.8, 4) is 0 Å². The van der Waals surface area contributed by atoms with Crippen LogP contribution in [0, 0.1) is 0 Å². The van der Waals surface area contributed by atoms with E-state index in [0.29, 0.717) is 6.10 Å². The summed E-state index contributed by atoms with van der Waals surface area (Å²) in [5.41, 5.74) is 1.38.